The summed E-state index contributed by atoms with van der Waals surface area (Å²) >= 11 is 0. The van der Waals surface area contributed by atoms with Crippen LogP contribution in [0.25, 0.3) is 0 Å². The molecule has 3 amide bonds. The highest BCUT2D eigenvalue weighted by Crippen LogP contribution is 2.33. The minimum atomic E-state index is -0.668. The fourth-order valence-corrected chi connectivity index (χ4v) is 3.89. The average Bonchev–Trinajstić information content (AvgIpc) is 3.14. The van der Waals surface area contributed by atoms with E-state index in [0.717, 1.165) is 12.1 Å². The summed E-state index contributed by atoms with van der Waals surface area (Å²) < 4.78 is 27.2. The van der Waals surface area contributed by atoms with Gasteiger partial charge in [0, 0.05) is 12.2 Å². The summed E-state index contributed by atoms with van der Waals surface area (Å²) in [6, 6.07) is 6.88. The van der Waals surface area contributed by atoms with E-state index in [2.05, 4.69) is 5.32 Å². The van der Waals surface area contributed by atoms with Gasteiger partial charge in [0.15, 0.2) is 0 Å². The Hall–Kier alpha value is -3.29. The quantitative estimate of drug-likeness (QED) is 0.863. The third-order valence-corrected chi connectivity index (χ3v) is 5.31. The van der Waals surface area contributed by atoms with Gasteiger partial charge in [-0.2, -0.15) is 0 Å². The van der Waals surface area contributed by atoms with Gasteiger partial charge in [0.1, 0.15) is 24.2 Å². The Morgan fingerprint density at radius 1 is 1.14 bits per heavy atom. The number of benzene rings is 2. The highest BCUT2D eigenvalue weighted by atomic mass is 19.1. The van der Waals surface area contributed by atoms with Gasteiger partial charge in [0.2, 0.25) is 11.8 Å². The maximum Gasteiger partial charge on any atom is 0.256 e. The zero-order valence-electron chi connectivity index (χ0n) is 15.7. The Labute approximate surface area is 166 Å². The molecule has 1 atom stereocenters. The monoisotopic (exact) mass is 399 g/mol. The van der Waals surface area contributed by atoms with Crippen LogP contribution in [0.15, 0.2) is 36.4 Å². The van der Waals surface area contributed by atoms with Crippen molar-refractivity contribution < 1.29 is 23.2 Å². The second-order valence-electron chi connectivity index (χ2n) is 7.25. The number of rotatable bonds is 3. The maximum absolute atomic E-state index is 13.9. The van der Waals surface area contributed by atoms with Crippen molar-refractivity contribution in [3.05, 3.63) is 59.2 Å². The first-order chi connectivity index (χ1) is 13.8. The number of aryl methyl sites for hydroxylation is 1. The Morgan fingerprint density at radius 3 is 2.62 bits per heavy atom. The fraction of sp³-hybridized carbons (Fsp3) is 0.286. The molecule has 0 spiro atoms. The molecule has 1 N–H and O–H groups in total. The van der Waals surface area contributed by atoms with Gasteiger partial charge in [-0.25, -0.2) is 8.78 Å². The van der Waals surface area contributed by atoms with E-state index in [4.69, 9.17) is 0 Å². The minimum absolute atomic E-state index is 0.0837. The molecule has 0 unspecified atom stereocenters. The van der Waals surface area contributed by atoms with Crippen molar-refractivity contribution in [3.63, 3.8) is 0 Å². The van der Waals surface area contributed by atoms with Crippen LogP contribution < -0.4 is 10.2 Å². The summed E-state index contributed by atoms with van der Waals surface area (Å²) in [6.45, 7) is 1.71. The van der Waals surface area contributed by atoms with Gasteiger partial charge in [-0.05, 0) is 61.7 Å². The lowest BCUT2D eigenvalue weighted by Gasteiger charge is -2.25. The number of halogens is 2. The molecule has 2 aliphatic heterocycles. The Bertz CT molecular complexity index is 1020. The lowest BCUT2D eigenvalue weighted by Crippen LogP contribution is -2.47. The van der Waals surface area contributed by atoms with Crippen molar-refractivity contribution >= 4 is 29.1 Å². The topological polar surface area (TPSA) is 69.7 Å². The number of fused-ring (bicyclic) bond motifs is 2. The van der Waals surface area contributed by atoms with Crippen LogP contribution in [-0.2, 0) is 9.59 Å². The number of nitrogens with zero attached hydrogens (tertiary/aromatic N) is 2. The normalized spacial score (nSPS) is 18.4. The average molecular weight is 399 g/mol. The van der Waals surface area contributed by atoms with E-state index < -0.39 is 29.5 Å². The summed E-state index contributed by atoms with van der Waals surface area (Å²) in [5, 5.41) is 2.65. The van der Waals surface area contributed by atoms with E-state index in [1.807, 2.05) is 0 Å². The van der Waals surface area contributed by atoms with Gasteiger partial charge in [-0.1, -0.05) is 0 Å². The molecule has 0 radical (unpaired) electrons. The molecule has 2 aliphatic rings. The summed E-state index contributed by atoms with van der Waals surface area (Å²) in [4.78, 5) is 41.3. The molecular weight excluding hydrogens is 380 g/mol. The summed E-state index contributed by atoms with van der Waals surface area (Å²) in [7, 11) is 0. The van der Waals surface area contributed by atoms with Crippen LogP contribution >= 0.6 is 0 Å². The third kappa shape index (κ3) is 3.46. The minimum Gasteiger partial charge on any atom is -0.327 e. The van der Waals surface area contributed by atoms with Crippen LogP contribution in [0.2, 0.25) is 0 Å². The van der Waals surface area contributed by atoms with E-state index in [1.165, 1.54) is 34.1 Å². The van der Waals surface area contributed by atoms with Crippen LogP contribution in [0.3, 0.4) is 0 Å². The maximum atomic E-state index is 13.9. The number of hydrogen-bond donors (Lipinski definition) is 1. The van der Waals surface area contributed by atoms with Gasteiger partial charge >= 0.3 is 0 Å². The molecule has 0 aromatic heterocycles. The van der Waals surface area contributed by atoms with Crippen molar-refractivity contribution in [2.75, 3.05) is 23.3 Å². The second kappa shape index (κ2) is 7.27. The van der Waals surface area contributed by atoms with Crippen molar-refractivity contribution in [1.29, 1.82) is 0 Å². The Morgan fingerprint density at radius 2 is 1.86 bits per heavy atom. The molecule has 0 saturated carbocycles. The van der Waals surface area contributed by atoms with Crippen molar-refractivity contribution in [1.82, 2.24) is 4.90 Å². The number of carbonyl (C=O) groups excluding carboxylic acids is 3. The van der Waals surface area contributed by atoms with Gasteiger partial charge < -0.3 is 15.1 Å². The number of hydrogen-bond acceptors (Lipinski definition) is 3. The molecule has 2 aromatic rings. The highest BCUT2D eigenvalue weighted by molar-refractivity contribution is 6.13. The SMILES string of the molecule is Cc1cc(F)ccc1NC(=O)CN1C(=O)[C@@H]2CCCN2C(=O)c2ccc(F)cc21. The van der Waals surface area contributed by atoms with Crippen molar-refractivity contribution in [2.24, 2.45) is 0 Å². The highest BCUT2D eigenvalue weighted by Gasteiger charge is 2.42. The van der Waals surface area contributed by atoms with Crippen molar-refractivity contribution in [2.45, 2.75) is 25.8 Å². The van der Waals surface area contributed by atoms with E-state index >= 15 is 0 Å². The van der Waals surface area contributed by atoms with Crippen LogP contribution in [0.1, 0.15) is 28.8 Å². The number of anilines is 2. The number of carbonyl (C=O) groups is 3. The fourth-order valence-electron chi connectivity index (χ4n) is 3.89. The molecule has 1 fully saturated rings. The van der Waals surface area contributed by atoms with Gasteiger partial charge in [-0.15, -0.1) is 0 Å². The molecule has 4 rings (SSSR count). The van der Waals surface area contributed by atoms with E-state index in [9.17, 15) is 23.2 Å². The van der Waals surface area contributed by atoms with Crippen molar-refractivity contribution in [3.8, 4) is 0 Å². The van der Waals surface area contributed by atoms with E-state index in [-0.39, 0.29) is 23.7 Å². The molecule has 0 bridgehead atoms. The zero-order valence-corrected chi connectivity index (χ0v) is 15.7. The molecule has 8 heteroatoms. The van der Waals surface area contributed by atoms with Crippen LogP contribution in [-0.4, -0.2) is 41.8 Å². The molecule has 2 heterocycles. The predicted molar refractivity (Wildman–Crippen MR) is 103 cm³/mol. The molecule has 6 nitrogen and oxygen atoms in total. The first-order valence-corrected chi connectivity index (χ1v) is 9.33. The van der Waals surface area contributed by atoms with Gasteiger partial charge in [-0.3, -0.25) is 14.4 Å². The Kier molecular flexibility index (Phi) is 4.77. The summed E-state index contributed by atoms with van der Waals surface area (Å²) in [5.74, 6) is -2.31. The second-order valence-corrected chi connectivity index (χ2v) is 7.25. The third-order valence-electron chi connectivity index (χ3n) is 5.31. The van der Waals surface area contributed by atoms with E-state index in [0.29, 0.717) is 30.6 Å². The van der Waals surface area contributed by atoms with Crippen LogP contribution in [0.4, 0.5) is 20.2 Å². The van der Waals surface area contributed by atoms with Gasteiger partial charge in [0.25, 0.3) is 5.91 Å². The molecular formula is C21H19F2N3O3. The lowest BCUT2D eigenvalue weighted by molar-refractivity contribution is -0.124. The molecule has 1 saturated heterocycles. The molecule has 2 aromatic carbocycles. The first kappa shape index (κ1) is 19.0. The summed E-state index contributed by atoms with van der Waals surface area (Å²) in [5.41, 5.74) is 1.22. The van der Waals surface area contributed by atoms with E-state index in [1.54, 1.807) is 6.92 Å². The van der Waals surface area contributed by atoms with Gasteiger partial charge in [0.05, 0.1) is 11.3 Å². The molecule has 150 valence electrons. The molecule has 29 heavy (non-hydrogen) atoms. The zero-order chi connectivity index (χ0) is 20.7. The number of amides is 3. The Balaban J connectivity index is 1.66. The first-order valence-electron chi connectivity index (χ1n) is 9.33. The standard InChI is InChI=1S/C21H19F2N3O3/c1-12-9-13(22)5-7-16(12)24-19(27)11-26-18-10-14(23)4-6-15(18)20(28)25-8-2-3-17(25)21(26)29/h4-7,9-10,17H,2-3,8,11H2,1H3,(H,24,27)/t17-/m0/s1. The van der Waals surface area contributed by atoms with Crippen LogP contribution in [0.5, 0.6) is 0 Å². The molecule has 0 aliphatic carbocycles. The summed E-state index contributed by atoms with van der Waals surface area (Å²) in [6.07, 6.45) is 1.18. The smallest absolute Gasteiger partial charge is 0.256 e. The lowest BCUT2D eigenvalue weighted by atomic mass is 10.1. The predicted octanol–water partition coefficient (Wildman–Crippen LogP) is 2.86. The number of nitrogens with one attached hydrogen (secondary N) is 1. The largest absolute Gasteiger partial charge is 0.327 e. The van der Waals surface area contributed by atoms with Crippen LogP contribution in [0, 0.1) is 18.6 Å².